The first kappa shape index (κ1) is 16.7. The number of hydrogen-bond donors (Lipinski definition) is 0. The minimum absolute atomic E-state index is 0.00107. The van der Waals surface area contributed by atoms with Gasteiger partial charge < -0.3 is 4.74 Å². The van der Waals surface area contributed by atoms with Crippen molar-refractivity contribution in [3.8, 4) is 0 Å². The average Bonchev–Trinajstić information content (AvgIpc) is 3.26. The van der Waals surface area contributed by atoms with E-state index in [0.717, 1.165) is 12.8 Å². The fourth-order valence-corrected chi connectivity index (χ4v) is 4.33. The van der Waals surface area contributed by atoms with E-state index < -0.39 is 15.8 Å². The molecule has 1 fully saturated rings. The van der Waals surface area contributed by atoms with Gasteiger partial charge >= 0.3 is 0 Å². The largest absolute Gasteiger partial charge is 0.383 e. The van der Waals surface area contributed by atoms with Gasteiger partial charge in [0, 0.05) is 31.1 Å². The Morgan fingerprint density at radius 2 is 2.10 bits per heavy atom. The summed E-state index contributed by atoms with van der Waals surface area (Å²) in [7, 11) is -2.22. The Bertz CT molecular complexity index is 617. The first-order valence-corrected chi connectivity index (χ1v) is 8.75. The van der Waals surface area contributed by atoms with Crippen molar-refractivity contribution in [1.82, 2.24) is 4.31 Å². The van der Waals surface area contributed by atoms with E-state index in [0.29, 0.717) is 12.2 Å². The predicted molar refractivity (Wildman–Crippen MR) is 79.5 cm³/mol. The second-order valence-corrected chi connectivity index (χ2v) is 7.30. The first-order chi connectivity index (χ1) is 9.91. The molecule has 1 aromatic carbocycles. The van der Waals surface area contributed by atoms with Crippen LogP contribution in [0.5, 0.6) is 0 Å². The van der Waals surface area contributed by atoms with E-state index >= 15 is 0 Å². The number of hydrogen-bond acceptors (Lipinski definition) is 3. The van der Waals surface area contributed by atoms with E-state index in [2.05, 4.69) is 0 Å². The molecule has 0 heterocycles. The number of rotatable bonds is 7. The summed E-state index contributed by atoms with van der Waals surface area (Å²) < 4.78 is 46.0. The lowest BCUT2D eigenvalue weighted by Crippen LogP contribution is -2.36. The van der Waals surface area contributed by atoms with Crippen LogP contribution in [0.15, 0.2) is 17.0 Å². The Labute approximate surface area is 129 Å². The fourth-order valence-electron chi connectivity index (χ4n) is 2.22. The zero-order valence-corrected chi connectivity index (χ0v) is 13.7. The molecule has 0 aliphatic heterocycles. The standard InChI is InChI=1S/C14H19ClFNO3S/c1-10-13(16)7-11(9-15)8-14(10)21(18,19)17(5-6-20-2)12-3-4-12/h7-8,12H,3-6,9H2,1-2H3. The minimum atomic E-state index is -3.74. The van der Waals surface area contributed by atoms with Crippen LogP contribution in [0, 0.1) is 12.7 Å². The molecule has 0 atom stereocenters. The summed E-state index contributed by atoms with van der Waals surface area (Å²) in [5, 5.41) is 0. The van der Waals surface area contributed by atoms with E-state index in [1.807, 2.05) is 0 Å². The van der Waals surface area contributed by atoms with Crippen molar-refractivity contribution in [1.29, 1.82) is 0 Å². The number of nitrogens with zero attached hydrogens (tertiary/aromatic N) is 1. The molecule has 0 bridgehead atoms. The molecule has 21 heavy (non-hydrogen) atoms. The van der Waals surface area contributed by atoms with Crippen molar-refractivity contribution in [3.05, 3.63) is 29.1 Å². The normalized spacial score (nSPS) is 15.7. The Hall–Kier alpha value is -0.690. The smallest absolute Gasteiger partial charge is 0.243 e. The molecular formula is C14H19ClFNO3S. The molecule has 0 unspecified atom stereocenters. The van der Waals surface area contributed by atoms with Crippen LogP contribution in [-0.4, -0.2) is 39.0 Å². The van der Waals surface area contributed by atoms with Gasteiger partial charge in [0.25, 0.3) is 0 Å². The Balaban J connectivity index is 2.44. The quantitative estimate of drug-likeness (QED) is 0.720. The van der Waals surface area contributed by atoms with Gasteiger partial charge in [0.05, 0.1) is 11.5 Å². The maximum atomic E-state index is 13.9. The highest BCUT2D eigenvalue weighted by molar-refractivity contribution is 7.89. The van der Waals surface area contributed by atoms with Gasteiger partial charge in [-0.25, -0.2) is 12.8 Å². The van der Waals surface area contributed by atoms with Crippen LogP contribution in [-0.2, 0) is 20.6 Å². The van der Waals surface area contributed by atoms with Gasteiger partial charge in [-0.05, 0) is 37.5 Å². The Morgan fingerprint density at radius 3 is 2.62 bits per heavy atom. The second kappa shape index (κ2) is 6.60. The van der Waals surface area contributed by atoms with Crippen molar-refractivity contribution in [2.45, 2.75) is 36.6 Å². The van der Waals surface area contributed by atoms with Crippen molar-refractivity contribution >= 4 is 21.6 Å². The lowest BCUT2D eigenvalue weighted by molar-refractivity contribution is 0.177. The zero-order chi connectivity index (χ0) is 15.6. The highest BCUT2D eigenvalue weighted by Gasteiger charge is 2.38. The molecule has 1 aliphatic carbocycles. The minimum Gasteiger partial charge on any atom is -0.383 e. The highest BCUT2D eigenvalue weighted by atomic mass is 35.5. The molecule has 1 aliphatic rings. The van der Waals surface area contributed by atoms with E-state index in [1.54, 1.807) is 0 Å². The van der Waals surface area contributed by atoms with Gasteiger partial charge in [0.15, 0.2) is 0 Å². The van der Waals surface area contributed by atoms with Crippen LogP contribution in [0.1, 0.15) is 24.0 Å². The summed E-state index contributed by atoms with van der Waals surface area (Å²) >= 11 is 5.72. The van der Waals surface area contributed by atoms with Gasteiger partial charge in [-0.2, -0.15) is 4.31 Å². The van der Waals surface area contributed by atoms with Gasteiger partial charge in [-0.3, -0.25) is 0 Å². The Kier molecular flexibility index (Phi) is 5.24. The molecule has 0 radical (unpaired) electrons. The van der Waals surface area contributed by atoms with Gasteiger partial charge in [-0.1, -0.05) is 0 Å². The summed E-state index contributed by atoms with van der Waals surface area (Å²) in [6, 6.07) is 2.73. The van der Waals surface area contributed by atoms with Crippen molar-refractivity contribution in [2.75, 3.05) is 20.3 Å². The van der Waals surface area contributed by atoms with Crippen molar-refractivity contribution in [2.24, 2.45) is 0 Å². The molecule has 1 aromatic rings. The molecule has 0 spiro atoms. The molecule has 0 aromatic heterocycles. The molecular weight excluding hydrogens is 317 g/mol. The fraction of sp³-hybridized carbons (Fsp3) is 0.571. The van der Waals surface area contributed by atoms with Crippen LogP contribution in [0.3, 0.4) is 0 Å². The lowest BCUT2D eigenvalue weighted by atomic mass is 10.1. The molecule has 0 saturated heterocycles. The third-order valence-corrected chi connectivity index (χ3v) is 5.95. The maximum Gasteiger partial charge on any atom is 0.243 e. The molecule has 7 heteroatoms. The number of benzene rings is 1. The highest BCUT2D eigenvalue weighted by Crippen LogP contribution is 2.33. The van der Waals surface area contributed by atoms with E-state index in [9.17, 15) is 12.8 Å². The van der Waals surface area contributed by atoms with Crippen LogP contribution in [0.2, 0.25) is 0 Å². The van der Waals surface area contributed by atoms with E-state index in [4.69, 9.17) is 16.3 Å². The molecule has 0 N–H and O–H groups in total. The van der Waals surface area contributed by atoms with Crippen LogP contribution in [0.25, 0.3) is 0 Å². The number of ether oxygens (including phenoxy) is 1. The number of halogens is 2. The number of sulfonamides is 1. The molecule has 2 rings (SSSR count). The summed E-state index contributed by atoms with van der Waals surface area (Å²) in [5.74, 6) is -0.476. The number of alkyl halides is 1. The van der Waals surface area contributed by atoms with Gasteiger partial charge in [0.1, 0.15) is 5.82 Å². The van der Waals surface area contributed by atoms with Crippen LogP contribution >= 0.6 is 11.6 Å². The third-order valence-electron chi connectivity index (χ3n) is 3.57. The topological polar surface area (TPSA) is 46.6 Å². The Morgan fingerprint density at radius 1 is 1.43 bits per heavy atom. The SMILES string of the molecule is COCCN(C1CC1)S(=O)(=O)c1cc(CCl)cc(F)c1C. The van der Waals surface area contributed by atoms with Crippen LogP contribution in [0.4, 0.5) is 4.39 Å². The average molecular weight is 336 g/mol. The third kappa shape index (κ3) is 3.56. The van der Waals surface area contributed by atoms with Crippen molar-refractivity contribution in [3.63, 3.8) is 0 Å². The summed E-state index contributed by atoms with van der Waals surface area (Å²) in [5.41, 5.74) is 0.591. The van der Waals surface area contributed by atoms with Crippen molar-refractivity contribution < 1.29 is 17.5 Å². The van der Waals surface area contributed by atoms with Crippen LogP contribution < -0.4 is 0 Å². The molecule has 4 nitrogen and oxygen atoms in total. The number of methoxy groups -OCH3 is 1. The summed E-state index contributed by atoms with van der Waals surface area (Å²) in [6.07, 6.45) is 1.67. The first-order valence-electron chi connectivity index (χ1n) is 6.77. The summed E-state index contributed by atoms with van der Waals surface area (Å²) in [4.78, 5) is 0.00107. The second-order valence-electron chi connectivity index (χ2n) is 5.17. The predicted octanol–water partition coefficient (Wildman–Crippen LogP) is 2.67. The molecule has 118 valence electrons. The van der Waals surface area contributed by atoms with E-state index in [-0.39, 0.29) is 28.9 Å². The van der Waals surface area contributed by atoms with Gasteiger partial charge in [0.2, 0.25) is 10.0 Å². The van der Waals surface area contributed by atoms with Gasteiger partial charge in [-0.15, -0.1) is 11.6 Å². The lowest BCUT2D eigenvalue weighted by Gasteiger charge is -2.23. The molecule has 0 amide bonds. The summed E-state index contributed by atoms with van der Waals surface area (Å²) in [6.45, 7) is 2.06. The maximum absolute atomic E-state index is 13.9. The monoisotopic (exact) mass is 335 g/mol. The molecule has 1 saturated carbocycles. The zero-order valence-electron chi connectivity index (χ0n) is 12.1. The van der Waals surface area contributed by atoms with E-state index in [1.165, 1.54) is 30.5 Å².